The van der Waals surface area contributed by atoms with E-state index >= 15 is 0 Å². The number of nitrogens with one attached hydrogen (secondary N) is 1. The fraction of sp³-hybridized carbons (Fsp3) is 0.450. The molecule has 0 spiro atoms. The van der Waals surface area contributed by atoms with Crippen LogP contribution in [0.4, 0.5) is 5.69 Å². The summed E-state index contributed by atoms with van der Waals surface area (Å²) in [7, 11) is 0. The number of nitrogens with zero attached hydrogens (tertiary/aromatic N) is 1. The van der Waals surface area contributed by atoms with Crippen LogP contribution in [-0.2, 0) is 20.1 Å². The van der Waals surface area contributed by atoms with Crippen LogP contribution in [0, 0.1) is 13.8 Å². The van der Waals surface area contributed by atoms with Gasteiger partial charge in [-0.2, -0.15) is 0 Å². The molecule has 9 heteroatoms. The lowest BCUT2D eigenvalue weighted by Crippen LogP contribution is -2.21. The molecule has 0 atom stereocenters. The average Bonchev–Trinajstić information content (AvgIpc) is 3.01. The number of aryl methyl sites for hydroxylation is 2. The second-order valence-electron chi connectivity index (χ2n) is 6.03. The first kappa shape index (κ1) is 22.6. The van der Waals surface area contributed by atoms with E-state index in [-0.39, 0.29) is 12.4 Å². The van der Waals surface area contributed by atoms with Crippen LogP contribution in [0.5, 0.6) is 11.5 Å². The van der Waals surface area contributed by atoms with Crippen molar-refractivity contribution in [2.75, 3.05) is 30.9 Å². The Kier molecular flexibility index (Phi) is 8.85. The van der Waals surface area contributed by atoms with Crippen molar-refractivity contribution in [3.8, 4) is 11.5 Å². The third-order valence-electron chi connectivity index (χ3n) is 3.84. The highest BCUT2D eigenvalue weighted by Gasteiger charge is 2.13. The molecule has 158 valence electrons. The Morgan fingerprint density at radius 3 is 2.52 bits per heavy atom. The number of anilines is 1. The highest BCUT2D eigenvalue weighted by molar-refractivity contribution is 7.99. The maximum Gasteiger partial charge on any atom is 0.316 e. The number of carbonyl (C=O) groups excluding carboxylic acids is 2. The molecule has 2 aromatic rings. The van der Waals surface area contributed by atoms with Crippen molar-refractivity contribution in [1.82, 2.24) is 5.16 Å². The van der Waals surface area contributed by atoms with Gasteiger partial charge in [-0.25, -0.2) is 0 Å². The summed E-state index contributed by atoms with van der Waals surface area (Å²) in [6.07, 6.45) is 0. The fourth-order valence-electron chi connectivity index (χ4n) is 2.46. The first-order valence-electron chi connectivity index (χ1n) is 9.29. The van der Waals surface area contributed by atoms with Crippen LogP contribution in [0.25, 0.3) is 0 Å². The zero-order valence-electron chi connectivity index (χ0n) is 17.1. The third-order valence-corrected chi connectivity index (χ3v) is 4.77. The molecular weight excluding hydrogens is 396 g/mol. The minimum atomic E-state index is -0.460. The zero-order valence-corrected chi connectivity index (χ0v) is 17.9. The first-order chi connectivity index (χ1) is 13.9. The van der Waals surface area contributed by atoms with Gasteiger partial charge in [0.2, 0.25) is 0 Å². The predicted octanol–water partition coefficient (Wildman–Crippen LogP) is 3.50. The predicted molar refractivity (Wildman–Crippen MR) is 111 cm³/mol. The minimum Gasteiger partial charge on any atom is -0.490 e. The number of amides is 1. The number of carbonyl (C=O) groups is 2. The van der Waals surface area contributed by atoms with Gasteiger partial charge in [-0.05, 0) is 39.8 Å². The molecule has 29 heavy (non-hydrogen) atoms. The SMILES string of the molecule is CCOc1ccc(NC(=O)COC(=O)CSCc2c(C)noc2C)cc1OCC. The van der Waals surface area contributed by atoms with E-state index < -0.39 is 11.9 Å². The Bertz CT molecular complexity index is 817. The molecule has 1 heterocycles. The highest BCUT2D eigenvalue weighted by Crippen LogP contribution is 2.30. The van der Waals surface area contributed by atoms with Crippen molar-refractivity contribution in [1.29, 1.82) is 0 Å². The van der Waals surface area contributed by atoms with Gasteiger partial charge in [-0.1, -0.05) is 5.16 Å². The summed E-state index contributed by atoms with van der Waals surface area (Å²) < 4.78 is 21.1. The third kappa shape index (κ3) is 7.01. The number of hydrogen-bond donors (Lipinski definition) is 1. The van der Waals surface area contributed by atoms with Crippen molar-refractivity contribution in [2.45, 2.75) is 33.4 Å². The van der Waals surface area contributed by atoms with Crippen molar-refractivity contribution in [2.24, 2.45) is 0 Å². The van der Waals surface area contributed by atoms with Crippen LogP contribution >= 0.6 is 11.8 Å². The van der Waals surface area contributed by atoms with E-state index in [1.54, 1.807) is 18.2 Å². The second kappa shape index (κ2) is 11.4. The molecule has 0 saturated carbocycles. The molecule has 2 rings (SSSR count). The highest BCUT2D eigenvalue weighted by atomic mass is 32.2. The molecule has 0 aliphatic heterocycles. The lowest BCUT2D eigenvalue weighted by atomic mass is 10.2. The van der Waals surface area contributed by atoms with Crippen LogP contribution in [0.2, 0.25) is 0 Å². The summed E-state index contributed by atoms with van der Waals surface area (Å²) in [5, 5.41) is 6.55. The Morgan fingerprint density at radius 1 is 1.14 bits per heavy atom. The zero-order chi connectivity index (χ0) is 21.2. The molecule has 0 unspecified atom stereocenters. The molecule has 1 aromatic heterocycles. The number of hydrogen-bond acceptors (Lipinski definition) is 8. The van der Waals surface area contributed by atoms with E-state index in [1.807, 2.05) is 27.7 Å². The van der Waals surface area contributed by atoms with Gasteiger partial charge in [0.25, 0.3) is 5.91 Å². The van der Waals surface area contributed by atoms with Gasteiger partial charge in [0, 0.05) is 23.1 Å². The van der Waals surface area contributed by atoms with E-state index in [1.165, 1.54) is 11.8 Å². The number of esters is 1. The van der Waals surface area contributed by atoms with Gasteiger partial charge in [0.15, 0.2) is 18.1 Å². The number of ether oxygens (including phenoxy) is 3. The summed E-state index contributed by atoms with van der Waals surface area (Å²) in [6, 6.07) is 5.10. The molecule has 1 aromatic carbocycles. The summed E-state index contributed by atoms with van der Waals surface area (Å²) in [4.78, 5) is 23.9. The van der Waals surface area contributed by atoms with E-state index in [4.69, 9.17) is 18.7 Å². The Balaban J connectivity index is 1.77. The van der Waals surface area contributed by atoms with E-state index in [2.05, 4.69) is 10.5 Å². The van der Waals surface area contributed by atoms with Gasteiger partial charge in [0.05, 0.1) is 24.7 Å². The van der Waals surface area contributed by atoms with Gasteiger partial charge in [-0.15, -0.1) is 11.8 Å². The summed E-state index contributed by atoms with van der Waals surface area (Å²) in [5.74, 6) is 1.72. The van der Waals surface area contributed by atoms with Gasteiger partial charge < -0.3 is 24.1 Å². The van der Waals surface area contributed by atoms with Crippen molar-refractivity contribution in [3.63, 3.8) is 0 Å². The molecule has 0 aliphatic rings. The minimum absolute atomic E-state index is 0.134. The molecule has 0 saturated heterocycles. The molecule has 1 N–H and O–H groups in total. The molecule has 8 nitrogen and oxygen atoms in total. The van der Waals surface area contributed by atoms with Crippen LogP contribution in [0.3, 0.4) is 0 Å². The quantitative estimate of drug-likeness (QED) is 0.549. The molecule has 0 bridgehead atoms. The Hall–Kier alpha value is -2.68. The summed E-state index contributed by atoms with van der Waals surface area (Å²) >= 11 is 1.38. The van der Waals surface area contributed by atoms with E-state index in [0.29, 0.717) is 36.2 Å². The topological polar surface area (TPSA) is 99.9 Å². The van der Waals surface area contributed by atoms with Crippen molar-refractivity contribution < 1.29 is 28.3 Å². The monoisotopic (exact) mass is 422 g/mol. The average molecular weight is 423 g/mol. The lowest BCUT2D eigenvalue weighted by Gasteiger charge is -2.13. The molecule has 0 radical (unpaired) electrons. The largest absolute Gasteiger partial charge is 0.490 e. The van der Waals surface area contributed by atoms with Crippen molar-refractivity contribution >= 4 is 29.3 Å². The number of aromatic nitrogens is 1. The summed E-state index contributed by atoms with van der Waals surface area (Å²) in [5.41, 5.74) is 2.32. The molecular formula is C20H26N2O6S. The van der Waals surface area contributed by atoms with Crippen LogP contribution in [0.15, 0.2) is 22.7 Å². The fourth-order valence-corrected chi connectivity index (χ4v) is 3.43. The molecule has 1 amide bonds. The van der Waals surface area contributed by atoms with Crippen LogP contribution < -0.4 is 14.8 Å². The molecule has 0 fully saturated rings. The smallest absolute Gasteiger partial charge is 0.316 e. The molecule has 0 aliphatic carbocycles. The van der Waals surface area contributed by atoms with Gasteiger partial charge in [-0.3, -0.25) is 9.59 Å². The Morgan fingerprint density at radius 2 is 1.86 bits per heavy atom. The summed E-state index contributed by atoms with van der Waals surface area (Å²) in [6.45, 7) is 8.05. The number of thioether (sulfide) groups is 1. The number of rotatable bonds is 11. The van der Waals surface area contributed by atoms with Gasteiger partial charge in [0.1, 0.15) is 5.76 Å². The maximum absolute atomic E-state index is 12.1. The number of benzene rings is 1. The lowest BCUT2D eigenvalue weighted by molar-refractivity contribution is -0.144. The maximum atomic E-state index is 12.1. The normalized spacial score (nSPS) is 10.5. The van der Waals surface area contributed by atoms with Crippen LogP contribution in [0.1, 0.15) is 30.9 Å². The van der Waals surface area contributed by atoms with Crippen LogP contribution in [-0.4, -0.2) is 42.6 Å². The second-order valence-corrected chi connectivity index (χ2v) is 7.02. The Labute approximate surface area is 174 Å². The van der Waals surface area contributed by atoms with E-state index in [0.717, 1.165) is 17.0 Å². The van der Waals surface area contributed by atoms with E-state index in [9.17, 15) is 9.59 Å². The van der Waals surface area contributed by atoms with Gasteiger partial charge >= 0.3 is 5.97 Å². The first-order valence-corrected chi connectivity index (χ1v) is 10.4. The van der Waals surface area contributed by atoms with Crippen molar-refractivity contribution in [3.05, 3.63) is 35.2 Å². The standard InChI is InChI=1S/C20H26N2O6S/c1-5-25-17-8-7-15(9-18(17)26-6-2)21-19(23)10-27-20(24)12-29-11-16-13(3)22-28-14(16)4/h7-9H,5-6,10-12H2,1-4H3,(H,21,23).